The minimum absolute atomic E-state index is 0.505. The van der Waals surface area contributed by atoms with Crippen molar-refractivity contribution in [2.24, 2.45) is 5.92 Å². The first-order valence-electron chi connectivity index (χ1n) is 4.82. The zero-order valence-corrected chi connectivity index (χ0v) is 8.08. The average molecular weight is 181 g/mol. The summed E-state index contributed by atoms with van der Waals surface area (Å²) in [5.41, 5.74) is 0. The van der Waals surface area contributed by atoms with Crippen LogP contribution in [0.2, 0.25) is 0 Å². The monoisotopic (exact) mass is 181 g/mol. The fraction of sp³-hybridized carbons (Fsp3) is 0.778. The van der Waals surface area contributed by atoms with Crippen LogP contribution in [0, 0.1) is 5.92 Å². The molecule has 1 aliphatic carbocycles. The normalized spacial score (nSPS) is 27.8. The van der Waals surface area contributed by atoms with Gasteiger partial charge in [-0.15, -0.1) is 0 Å². The number of aromatic nitrogens is 2. The quantitative estimate of drug-likeness (QED) is 0.758. The van der Waals surface area contributed by atoms with Crippen LogP contribution in [-0.2, 0) is 0 Å². The second-order valence-corrected chi connectivity index (χ2v) is 3.72. The predicted octanol–water partition coefficient (Wildman–Crippen LogP) is 2.01. The van der Waals surface area contributed by atoms with Crippen molar-refractivity contribution in [2.45, 2.75) is 32.1 Å². The van der Waals surface area contributed by atoms with E-state index in [2.05, 4.69) is 22.4 Å². The van der Waals surface area contributed by atoms with E-state index in [-0.39, 0.29) is 0 Å². The van der Waals surface area contributed by atoms with Crippen LogP contribution in [0.15, 0.2) is 4.52 Å². The van der Waals surface area contributed by atoms with Crippen molar-refractivity contribution in [3.63, 3.8) is 0 Å². The number of hydrogen-bond donors (Lipinski definition) is 1. The number of anilines is 1. The largest absolute Gasteiger partial charge is 0.341 e. The Kier molecular flexibility index (Phi) is 2.20. The number of nitrogens with zero attached hydrogens (tertiary/aromatic N) is 2. The Morgan fingerprint density at radius 1 is 1.46 bits per heavy atom. The molecular weight excluding hydrogens is 166 g/mol. The number of rotatable bonds is 2. The van der Waals surface area contributed by atoms with E-state index in [0.717, 1.165) is 5.82 Å². The van der Waals surface area contributed by atoms with Gasteiger partial charge in [0.1, 0.15) is 0 Å². The topological polar surface area (TPSA) is 51.0 Å². The van der Waals surface area contributed by atoms with Crippen LogP contribution >= 0.6 is 0 Å². The second kappa shape index (κ2) is 3.36. The molecule has 0 aliphatic heterocycles. The summed E-state index contributed by atoms with van der Waals surface area (Å²) < 4.78 is 5.00. The molecule has 1 aromatic heterocycles. The fourth-order valence-corrected chi connectivity index (χ4v) is 2.02. The molecule has 4 heteroatoms. The van der Waals surface area contributed by atoms with Crippen LogP contribution < -0.4 is 5.32 Å². The molecule has 0 saturated heterocycles. The second-order valence-electron chi connectivity index (χ2n) is 3.72. The highest BCUT2D eigenvalue weighted by molar-refractivity contribution is 5.17. The van der Waals surface area contributed by atoms with Crippen LogP contribution in [0.1, 0.15) is 37.9 Å². The minimum atomic E-state index is 0.505. The zero-order chi connectivity index (χ0) is 9.26. The Morgan fingerprint density at radius 2 is 2.31 bits per heavy atom. The molecule has 1 N–H and O–H groups in total. The van der Waals surface area contributed by atoms with Crippen LogP contribution in [0.3, 0.4) is 0 Å². The SMILES string of the molecule is CNc1nc(C2CCCC2C)no1. The maximum Gasteiger partial charge on any atom is 0.321 e. The van der Waals surface area contributed by atoms with Gasteiger partial charge in [-0.25, -0.2) is 0 Å². The average Bonchev–Trinajstić information content (AvgIpc) is 2.71. The van der Waals surface area contributed by atoms with E-state index in [0.29, 0.717) is 17.9 Å². The molecule has 0 amide bonds. The van der Waals surface area contributed by atoms with Gasteiger partial charge < -0.3 is 9.84 Å². The molecule has 13 heavy (non-hydrogen) atoms. The Balaban J connectivity index is 2.15. The summed E-state index contributed by atoms with van der Waals surface area (Å²) in [4.78, 5) is 4.27. The lowest BCUT2D eigenvalue weighted by Gasteiger charge is -2.08. The molecule has 0 aromatic carbocycles. The van der Waals surface area contributed by atoms with Gasteiger partial charge in [-0.2, -0.15) is 4.98 Å². The third-order valence-electron chi connectivity index (χ3n) is 2.85. The summed E-state index contributed by atoms with van der Waals surface area (Å²) >= 11 is 0. The van der Waals surface area contributed by atoms with Gasteiger partial charge in [-0.05, 0) is 18.8 Å². The highest BCUT2D eigenvalue weighted by atomic mass is 16.5. The summed E-state index contributed by atoms with van der Waals surface area (Å²) in [7, 11) is 1.79. The molecule has 0 bridgehead atoms. The first-order valence-corrected chi connectivity index (χ1v) is 4.82. The first kappa shape index (κ1) is 8.53. The van der Waals surface area contributed by atoms with E-state index in [4.69, 9.17) is 4.52 Å². The van der Waals surface area contributed by atoms with E-state index < -0.39 is 0 Å². The van der Waals surface area contributed by atoms with Gasteiger partial charge in [0.2, 0.25) is 0 Å². The highest BCUT2D eigenvalue weighted by Crippen LogP contribution is 2.37. The number of nitrogens with one attached hydrogen (secondary N) is 1. The van der Waals surface area contributed by atoms with Crippen molar-refractivity contribution >= 4 is 6.01 Å². The van der Waals surface area contributed by atoms with Crippen LogP contribution in [0.5, 0.6) is 0 Å². The third kappa shape index (κ3) is 1.53. The summed E-state index contributed by atoms with van der Waals surface area (Å²) in [6.07, 6.45) is 3.77. The lowest BCUT2D eigenvalue weighted by molar-refractivity contribution is 0.405. The van der Waals surface area contributed by atoms with E-state index >= 15 is 0 Å². The number of hydrogen-bond acceptors (Lipinski definition) is 4. The van der Waals surface area contributed by atoms with E-state index in [9.17, 15) is 0 Å². The molecule has 1 heterocycles. The molecule has 2 rings (SSSR count). The highest BCUT2D eigenvalue weighted by Gasteiger charge is 2.28. The molecule has 0 spiro atoms. The molecule has 4 nitrogen and oxygen atoms in total. The Bertz CT molecular complexity index is 284. The Hall–Kier alpha value is -1.06. The van der Waals surface area contributed by atoms with Crippen molar-refractivity contribution in [2.75, 3.05) is 12.4 Å². The van der Waals surface area contributed by atoms with Crippen molar-refractivity contribution in [3.05, 3.63) is 5.82 Å². The molecular formula is C9H15N3O. The van der Waals surface area contributed by atoms with Crippen LogP contribution in [0.4, 0.5) is 6.01 Å². The first-order chi connectivity index (χ1) is 6.31. The van der Waals surface area contributed by atoms with Crippen molar-refractivity contribution < 1.29 is 4.52 Å². The van der Waals surface area contributed by atoms with Gasteiger partial charge in [0.25, 0.3) is 0 Å². The molecule has 2 atom stereocenters. The van der Waals surface area contributed by atoms with Gasteiger partial charge >= 0.3 is 6.01 Å². The molecule has 1 fully saturated rings. The standard InChI is InChI=1S/C9H15N3O/c1-6-4-3-5-7(6)8-11-9(10-2)13-12-8/h6-7H,3-5H2,1-2H3,(H,10,11,12). The Labute approximate surface area is 77.7 Å². The lowest BCUT2D eigenvalue weighted by atomic mass is 9.98. The van der Waals surface area contributed by atoms with Crippen LogP contribution in [0.25, 0.3) is 0 Å². The predicted molar refractivity (Wildman–Crippen MR) is 49.6 cm³/mol. The van der Waals surface area contributed by atoms with Crippen molar-refractivity contribution in [1.82, 2.24) is 10.1 Å². The molecule has 0 radical (unpaired) electrons. The fourth-order valence-electron chi connectivity index (χ4n) is 2.02. The van der Waals surface area contributed by atoms with Gasteiger partial charge in [0.15, 0.2) is 5.82 Å². The summed E-state index contributed by atoms with van der Waals surface area (Å²) in [6, 6.07) is 0.522. The molecule has 1 aliphatic rings. The minimum Gasteiger partial charge on any atom is -0.341 e. The van der Waals surface area contributed by atoms with E-state index in [1.165, 1.54) is 19.3 Å². The molecule has 72 valence electrons. The summed E-state index contributed by atoms with van der Waals surface area (Å²) in [6.45, 7) is 2.26. The van der Waals surface area contributed by atoms with E-state index in [1.54, 1.807) is 7.05 Å². The third-order valence-corrected chi connectivity index (χ3v) is 2.85. The smallest absolute Gasteiger partial charge is 0.321 e. The summed E-state index contributed by atoms with van der Waals surface area (Å²) in [5.74, 6) is 2.07. The van der Waals surface area contributed by atoms with Gasteiger partial charge in [0, 0.05) is 13.0 Å². The molecule has 1 aromatic rings. The lowest BCUT2D eigenvalue weighted by Crippen LogP contribution is -2.04. The van der Waals surface area contributed by atoms with Gasteiger partial charge in [-0.3, -0.25) is 0 Å². The molecule has 2 unspecified atom stereocenters. The van der Waals surface area contributed by atoms with E-state index in [1.807, 2.05) is 0 Å². The van der Waals surface area contributed by atoms with Gasteiger partial charge in [0.05, 0.1) is 0 Å². The van der Waals surface area contributed by atoms with Crippen molar-refractivity contribution in [1.29, 1.82) is 0 Å². The van der Waals surface area contributed by atoms with Crippen LogP contribution in [-0.4, -0.2) is 17.2 Å². The Morgan fingerprint density at radius 3 is 2.85 bits per heavy atom. The zero-order valence-electron chi connectivity index (χ0n) is 8.08. The maximum atomic E-state index is 5.00. The maximum absolute atomic E-state index is 5.00. The summed E-state index contributed by atoms with van der Waals surface area (Å²) in [5, 5.41) is 6.82. The van der Waals surface area contributed by atoms with Crippen molar-refractivity contribution in [3.8, 4) is 0 Å². The van der Waals surface area contributed by atoms with Gasteiger partial charge in [-0.1, -0.05) is 18.5 Å². The molecule has 1 saturated carbocycles.